The van der Waals surface area contributed by atoms with Crippen LogP contribution in [0.15, 0.2) is 34.7 Å². The first kappa shape index (κ1) is 18.5. The monoisotopic (exact) mass is 356 g/mol. The Balaban J connectivity index is 1.62. The summed E-state index contributed by atoms with van der Waals surface area (Å²) in [5.41, 5.74) is 3.36. The van der Waals surface area contributed by atoms with Crippen molar-refractivity contribution in [3.63, 3.8) is 0 Å². The van der Waals surface area contributed by atoms with Crippen molar-refractivity contribution in [1.82, 2.24) is 10.6 Å². The van der Waals surface area contributed by atoms with Crippen molar-refractivity contribution in [2.75, 3.05) is 7.11 Å². The maximum absolute atomic E-state index is 12.4. The Morgan fingerprint density at radius 1 is 1.31 bits per heavy atom. The zero-order valence-electron chi connectivity index (χ0n) is 16.0. The minimum absolute atomic E-state index is 0.0222. The van der Waals surface area contributed by atoms with Gasteiger partial charge >= 0.3 is 6.03 Å². The average Bonchev–Trinajstić information content (AvgIpc) is 2.93. The lowest BCUT2D eigenvalue weighted by Crippen LogP contribution is -2.41. The van der Waals surface area contributed by atoms with Crippen LogP contribution in [0.2, 0.25) is 0 Å². The first-order valence-corrected chi connectivity index (χ1v) is 9.06. The van der Waals surface area contributed by atoms with Crippen LogP contribution >= 0.6 is 0 Å². The highest BCUT2D eigenvalue weighted by molar-refractivity contribution is 5.74. The molecule has 0 radical (unpaired) electrons. The number of furan rings is 1. The maximum atomic E-state index is 12.4. The summed E-state index contributed by atoms with van der Waals surface area (Å²) >= 11 is 0. The second-order valence-electron chi connectivity index (χ2n) is 7.91. The Bertz CT molecular complexity index is 779. The van der Waals surface area contributed by atoms with Gasteiger partial charge < -0.3 is 19.8 Å². The average molecular weight is 356 g/mol. The number of urea groups is 1. The van der Waals surface area contributed by atoms with Crippen LogP contribution < -0.4 is 10.6 Å². The molecule has 3 rings (SSSR count). The Kier molecular flexibility index (Phi) is 5.37. The number of benzene rings is 1. The van der Waals surface area contributed by atoms with E-state index in [2.05, 4.69) is 24.5 Å². The van der Waals surface area contributed by atoms with E-state index in [1.165, 1.54) is 0 Å². The Morgan fingerprint density at radius 2 is 2.08 bits per heavy atom. The Hall–Kier alpha value is -2.27. The van der Waals surface area contributed by atoms with Crippen LogP contribution in [0.3, 0.4) is 0 Å². The number of ether oxygens (including phenoxy) is 1. The molecule has 2 amide bonds. The fourth-order valence-electron chi connectivity index (χ4n) is 3.70. The quantitative estimate of drug-likeness (QED) is 0.842. The number of carbonyl (C=O) groups is 1. The van der Waals surface area contributed by atoms with E-state index in [1.807, 2.05) is 37.3 Å². The van der Waals surface area contributed by atoms with Crippen LogP contribution in [0, 0.1) is 12.3 Å². The summed E-state index contributed by atoms with van der Waals surface area (Å²) in [7, 11) is 1.68. The van der Waals surface area contributed by atoms with E-state index in [-0.39, 0.29) is 17.5 Å². The number of hydrogen-bond donors (Lipinski definition) is 2. The topological polar surface area (TPSA) is 63.5 Å². The third-order valence-corrected chi connectivity index (χ3v) is 4.80. The predicted octanol–water partition coefficient (Wildman–Crippen LogP) is 4.25. The molecule has 1 aromatic heterocycles. The lowest BCUT2D eigenvalue weighted by atomic mass is 9.75. The number of fused-ring (bicyclic) bond motifs is 1. The summed E-state index contributed by atoms with van der Waals surface area (Å²) in [4.78, 5) is 12.4. The first-order chi connectivity index (χ1) is 12.4. The summed E-state index contributed by atoms with van der Waals surface area (Å²) < 4.78 is 11.0. The smallest absolute Gasteiger partial charge is 0.315 e. The van der Waals surface area contributed by atoms with Crippen molar-refractivity contribution >= 4 is 6.03 Å². The Morgan fingerprint density at radius 3 is 2.85 bits per heavy atom. The van der Waals surface area contributed by atoms with Crippen molar-refractivity contribution in [2.45, 2.75) is 52.8 Å². The summed E-state index contributed by atoms with van der Waals surface area (Å²) in [6, 6.07) is 9.91. The second-order valence-corrected chi connectivity index (χ2v) is 7.91. The summed E-state index contributed by atoms with van der Waals surface area (Å²) in [5, 5.41) is 6.08. The lowest BCUT2D eigenvalue weighted by Gasteiger charge is -2.34. The van der Waals surface area contributed by atoms with Gasteiger partial charge in [-0.15, -0.1) is 0 Å². The van der Waals surface area contributed by atoms with E-state index in [9.17, 15) is 4.79 Å². The first-order valence-electron chi connectivity index (χ1n) is 9.06. The van der Waals surface area contributed by atoms with Crippen molar-refractivity contribution in [1.29, 1.82) is 0 Å². The van der Waals surface area contributed by atoms with Gasteiger partial charge in [0.2, 0.25) is 0 Å². The van der Waals surface area contributed by atoms with Crippen LogP contribution in [-0.4, -0.2) is 13.1 Å². The largest absolute Gasteiger partial charge is 0.466 e. The van der Waals surface area contributed by atoms with Crippen LogP contribution in [0.25, 0.3) is 0 Å². The zero-order valence-corrected chi connectivity index (χ0v) is 16.0. The van der Waals surface area contributed by atoms with Gasteiger partial charge in [0.05, 0.1) is 12.6 Å². The fourth-order valence-corrected chi connectivity index (χ4v) is 3.70. The van der Waals surface area contributed by atoms with Gasteiger partial charge in [0.1, 0.15) is 11.5 Å². The Labute approximate surface area is 155 Å². The third-order valence-electron chi connectivity index (χ3n) is 4.80. The second kappa shape index (κ2) is 7.54. The molecule has 1 aliphatic carbocycles. The van der Waals surface area contributed by atoms with Gasteiger partial charge in [-0.05, 0) is 36.0 Å². The summed E-state index contributed by atoms with van der Waals surface area (Å²) in [5.74, 6) is 1.89. The predicted molar refractivity (Wildman–Crippen MR) is 101 cm³/mol. The van der Waals surface area contributed by atoms with Crippen LogP contribution in [0.4, 0.5) is 4.79 Å². The van der Waals surface area contributed by atoms with Gasteiger partial charge in [0, 0.05) is 25.6 Å². The number of methoxy groups -OCH3 is 1. The van der Waals surface area contributed by atoms with Crippen LogP contribution in [0.1, 0.15) is 54.5 Å². The standard InChI is InChI=1S/C21H28N2O3/c1-14-8-17-18(10-21(2,3)11-19(17)26-14)23-20(24)22-12-15-6-5-7-16(9-15)13-25-4/h5-9,18H,10-13H2,1-4H3,(H2,22,23,24). The van der Waals surface area contributed by atoms with Gasteiger partial charge in [-0.1, -0.05) is 38.1 Å². The van der Waals surface area contributed by atoms with E-state index in [0.29, 0.717) is 13.2 Å². The molecule has 1 aliphatic rings. The summed E-state index contributed by atoms with van der Waals surface area (Å²) in [6.07, 6.45) is 1.80. The van der Waals surface area contributed by atoms with Gasteiger partial charge in [-0.3, -0.25) is 0 Å². The van der Waals surface area contributed by atoms with Crippen molar-refractivity contribution in [3.8, 4) is 0 Å². The van der Waals surface area contributed by atoms with Crippen LogP contribution in [0.5, 0.6) is 0 Å². The molecule has 2 N–H and O–H groups in total. The molecular formula is C21H28N2O3. The molecule has 0 fully saturated rings. The molecular weight excluding hydrogens is 328 g/mol. The SMILES string of the molecule is COCc1cccc(CNC(=O)NC2CC(C)(C)Cc3oc(C)cc32)c1. The van der Waals surface area contributed by atoms with E-state index in [1.54, 1.807) is 7.11 Å². The molecule has 1 aromatic carbocycles. The molecule has 1 heterocycles. The fraction of sp³-hybridized carbons (Fsp3) is 0.476. The van der Waals surface area contributed by atoms with Gasteiger partial charge in [0.15, 0.2) is 0 Å². The molecule has 0 saturated heterocycles. The normalized spacial score (nSPS) is 18.2. The molecule has 140 valence electrons. The molecule has 0 spiro atoms. The van der Waals surface area contributed by atoms with Gasteiger partial charge in [0.25, 0.3) is 0 Å². The number of hydrogen-bond acceptors (Lipinski definition) is 3. The highest BCUT2D eigenvalue weighted by Gasteiger charge is 2.35. The molecule has 5 heteroatoms. The molecule has 2 aromatic rings. The van der Waals surface area contributed by atoms with E-state index in [4.69, 9.17) is 9.15 Å². The molecule has 26 heavy (non-hydrogen) atoms. The lowest BCUT2D eigenvalue weighted by molar-refractivity contribution is 0.185. The molecule has 1 atom stereocenters. The van der Waals surface area contributed by atoms with Crippen molar-refractivity contribution in [3.05, 3.63) is 58.5 Å². The van der Waals surface area contributed by atoms with Crippen molar-refractivity contribution < 1.29 is 13.9 Å². The third kappa shape index (κ3) is 4.47. The van der Waals surface area contributed by atoms with Gasteiger partial charge in [-0.2, -0.15) is 0 Å². The van der Waals surface area contributed by atoms with E-state index in [0.717, 1.165) is 41.1 Å². The molecule has 1 unspecified atom stereocenters. The number of rotatable bonds is 5. The highest BCUT2D eigenvalue weighted by atomic mass is 16.5. The maximum Gasteiger partial charge on any atom is 0.315 e. The zero-order chi connectivity index (χ0) is 18.7. The minimum Gasteiger partial charge on any atom is -0.466 e. The molecule has 0 bridgehead atoms. The van der Waals surface area contributed by atoms with Gasteiger partial charge in [-0.25, -0.2) is 4.79 Å². The highest BCUT2D eigenvalue weighted by Crippen LogP contribution is 2.41. The summed E-state index contributed by atoms with van der Waals surface area (Å²) in [6.45, 7) is 7.43. The number of nitrogens with one attached hydrogen (secondary N) is 2. The number of amides is 2. The van der Waals surface area contributed by atoms with Crippen molar-refractivity contribution in [2.24, 2.45) is 5.41 Å². The molecule has 0 saturated carbocycles. The molecule has 0 aliphatic heterocycles. The number of carbonyl (C=O) groups excluding carboxylic acids is 1. The number of aryl methyl sites for hydroxylation is 1. The molecule has 5 nitrogen and oxygen atoms in total. The van der Waals surface area contributed by atoms with E-state index < -0.39 is 0 Å². The minimum atomic E-state index is -0.158. The van der Waals surface area contributed by atoms with E-state index >= 15 is 0 Å². The van der Waals surface area contributed by atoms with Crippen LogP contribution in [-0.2, 0) is 24.3 Å².